The van der Waals surface area contributed by atoms with Gasteiger partial charge in [-0.05, 0) is 49.9 Å². The fourth-order valence-electron chi connectivity index (χ4n) is 3.28. The van der Waals surface area contributed by atoms with Crippen LogP contribution in [0.5, 0.6) is 5.75 Å². The number of hydrogen-bond donors (Lipinski definition) is 2. The van der Waals surface area contributed by atoms with Gasteiger partial charge in [-0.25, -0.2) is 0 Å². The molecule has 1 heterocycles. The number of hydrogen-bond acceptors (Lipinski definition) is 4. The van der Waals surface area contributed by atoms with E-state index in [0.717, 1.165) is 29.7 Å². The molecule has 0 bridgehead atoms. The zero-order valence-electron chi connectivity index (χ0n) is 16.3. The van der Waals surface area contributed by atoms with Crippen molar-refractivity contribution in [3.8, 4) is 16.9 Å². The van der Waals surface area contributed by atoms with Crippen LogP contribution in [0.1, 0.15) is 46.0 Å². The van der Waals surface area contributed by atoms with Crippen LogP contribution in [0.4, 0.5) is 11.4 Å². The van der Waals surface area contributed by atoms with Crippen LogP contribution in [0.25, 0.3) is 11.1 Å². The van der Waals surface area contributed by atoms with Crippen molar-refractivity contribution in [1.29, 1.82) is 0 Å². The standard InChI is InChI=1S/C19H25N3O2.C2H6/c1-21-17-10-13(12-22(2)19(17)23)16-11-14(20)8-9-18(16)24-15-6-4-3-5-7-15;1-2/h8-12,15,21H,3-7,20H2,1-2H3;1-2H3. The molecule has 5 nitrogen and oxygen atoms in total. The Balaban J connectivity index is 0.00000117. The number of nitrogens with one attached hydrogen (secondary N) is 1. The van der Waals surface area contributed by atoms with Gasteiger partial charge in [0.2, 0.25) is 0 Å². The van der Waals surface area contributed by atoms with Crippen LogP contribution in [0.2, 0.25) is 0 Å². The predicted octanol–water partition coefficient (Wildman–Crippen LogP) is 4.41. The van der Waals surface area contributed by atoms with E-state index in [1.165, 1.54) is 19.3 Å². The van der Waals surface area contributed by atoms with Crippen molar-refractivity contribution < 1.29 is 4.74 Å². The maximum atomic E-state index is 12.1. The number of anilines is 2. The molecular formula is C21H31N3O2. The molecule has 3 N–H and O–H groups in total. The third-order valence-corrected chi connectivity index (χ3v) is 4.61. The molecule has 1 fully saturated rings. The van der Waals surface area contributed by atoms with Gasteiger partial charge in [0.25, 0.3) is 5.56 Å². The second-order valence-electron chi connectivity index (χ2n) is 6.44. The van der Waals surface area contributed by atoms with E-state index in [1.54, 1.807) is 18.7 Å². The fourth-order valence-corrected chi connectivity index (χ4v) is 3.28. The van der Waals surface area contributed by atoms with Crippen LogP contribution in [-0.4, -0.2) is 17.7 Å². The lowest BCUT2D eigenvalue weighted by Gasteiger charge is -2.24. The lowest BCUT2D eigenvalue weighted by Crippen LogP contribution is -2.21. The van der Waals surface area contributed by atoms with Crippen molar-refractivity contribution in [2.75, 3.05) is 18.1 Å². The van der Waals surface area contributed by atoms with Gasteiger partial charge in [0.1, 0.15) is 11.4 Å². The molecule has 1 aliphatic carbocycles. The zero-order chi connectivity index (χ0) is 19.1. The predicted molar refractivity (Wildman–Crippen MR) is 110 cm³/mol. The van der Waals surface area contributed by atoms with Crippen LogP contribution in [0, 0.1) is 0 Å². The first-order valence-electron chi connectivity index (χ1n) is 9.53. The average molecular weight is 357 g/mol. The molecule has 5 heteroatoms. The summed E-state index contributed by atoms with van der Waals surface area (Å²) in [6.45, 7) is 4.00. The van der Waals surface area contributed by atoms with Gasteiger partial charge in [-0.1, -0.05) is 20.3 Å². The molecule has 0 atom stereocenters. The lowest BCUT2D eigenvalue weighted by atomic mass is 9.97. The Morgan fingerprint density at radius 3 is 2.50 bits per heavy atom. The van der Waals surface area contributed by atoms with Gasteiger partial charge in [-0.15, -0.1) is 0 Å². The van der Waals surface area contributed by atoms with E-state index in [-0.39, 0.29) is 11.7 Å². The first-order chi connectivity index (χ1) is 12.6. The first kappa shape index (κ1) is 19.9. The second kappa shape index (κ2) is 9.32. The van der Waals surface area contributed by atoms with Gasteiger partial charge in [0.05, 0.1) is 6.10 Å². The summed E-state index contributed by atoms with van der Waals surface area (Å²) in [6, 6.07) is 7.56. The van der Waals surface area contributed by atoms with E-state index >= 15 is 0 Å². The molecular weight excluding hydrogens is 326 g/mol. The van der Waals surface area contributed by atoms with Crippen LogP contribution in [0.15, 0.2) is 35.3 Å². The molecule has 3 rings (SSSR count). The highest BCUT2D eigenvalue weighted by Gasteiger charge is 2.18. The van der Waals surface area contributed by atoms with Gasteiger partial charge < -0.3 is 20.4 Å². The lowest BCUT2D eigenvalue weighted by molar-refractivity contribution is 0.156. The number of nitrogen functional groups attached to an aromatic ring is 1. The number of nitrogens with two attached hydrogens (primary N) is 1. The zero-order valence-corrected chi connectivity index (χ0v) is 16.3. The Morgan fingerprint density at radius 2 is 1.85 bits per heavy atom. The maximum Gasteiger partial charge on any atom is 0.273 e. The highest BCUT2D eigenvalue weighted by molar-refractivity contribution is 5.75. The summed E-state index contributed by atoms with van der Waals surface area (Å²) in [5, 5.41) is 2.96. The number of aryl methyl sites for hydroxylation is 1. The molecule has 0 saturated heterocycles. The van der Waals surface area contributed by atoms with Crippen molar-refractivity contribution in [2.45, 2.75) is 52.1 Å². The van der Waals surface area contributed by atoms with Gasteiger partial charge in [0, 0.05) is 37.1 Å². The average Bonchev–Trinajstić information content (AvgIpc) is 2.67. The summed E-state index contributed by atoms with van der Waals surface area (Å²) >= 11 is 0. The van der Waals surface area contributed by atoms with Crippen molar-refractivity contribution >= 4 is 11.4 Å². The van der Waals surface area contributed by atoms with Crippen molar-refractivity contribution in [1.82, 2.24) is 4.57 Å². The van der Waals surface area contributed by atoms with Gasteiger partial charge in [-0.2, -0.15) is 0 Å². The Labute approximate surface area is 156 Å². The molecule has 1 aromatic carbocycles. The van der Waals surface area contributed by atoms with Crippen molar-refractivity contribution in [3.05, 3.63) is 40.8 Å². The van der Waals surface area contributed by atoms with Crippen LogP contribution in [-0.2, 0) is 7.05 Å². The van der Waals surface area contributed by atoms with E-state index in [0.29, 0.717) is 11.4 Å². The Kier molecular flexibility index (Phi) is 7.13. The Morgan fingerprint density at radius 1 is 1.15 bits per heavy atom. The second-order valence-corrected chi connectivity index (χ2v) is 6.44. The summed E-state index contributed by atoms with van der Waals surface area (Å²) in [4.78, 5) is 12.1. The maximum absolute atomic E-state index is 12.1. The SMILES string of the molecule is CC.CNc1cc(-c2cc(N)ccc2OC2CCCCC2)cn(C)c1=O. The molecule has 2 aromatic rings. The summed E-state index contributed by atoms with van der Waals surface area (Å²) in [6.07, 6.45) is 8.01. The summed E-state index contributed by atoms with van der Waals surface area (Å²) in [5.41, 5.74) is 9.02. The Hall–Kier alpha value is -2.43. The smallest absolute Gasteiger partial charge is 0.273 e. The van der Waals surface area contributed by atoms with E-state index in [4.69, 9.17) is 10.5 Å². The van der Waals surface area contributed by atoms with Gasteiger partial charge in [-0.3, -0.25) is 4.79 Å². The Bertz CT molecular complexity index is 777. The molecule has 1 saturated carbocycles. The van der Waals surface area contributed by atoms with Crippen LogP contribution < -0.4 is 21.3 Å². The largest absolute Gasteiger partial charge is 0.490 e. The number of rotatable bonds is 4. The third-order valence-electron chi connectivity index (χ3n) is 4.61. The number of aromatic nitrogens is 1. The highest BCUT2D eigenvalue weighted by atomic mass is 16.5. The molecule has 1 aromatic heterocycles. The minimum Gasteiger partial charge on any atom is -0.490 e. The monoisotopic (exact) mass is 357 g/mol. The van der Waals surface area contributed by atoms with E-state index in [2.05, 4.69) is 5.32 Å². The molecule has 142 valence electrons. The van der Waals surface area contributed by atoms with E-state index < -0.39 is 0 Å². The molecule has 0 spiro atoms. The quantitative estimate of drug-likeness (QED) is 0.795. The normalized spacial score (nSPS) is 14.3. The van der Waals surface area contributed by atoms with E-state index in [9.17, 15) is 4.79 Å². The molecule has 0 unspecified atom stereocenters. The fraction of sp³-hybridized carbons (Fsp3) is 0.476. The molecule has 0 radical (unpaired) electrons. The number of nitrogens with zero attached hydrogens (tertiary/aromatic N) is 1. The summed E-state index contributed by atoms with van der Waals surface area (Å²) in [7, 11) is 3.50. The molecule has 0 amide bonds. The first-order valence-corrected chi connectivity index (χ1v) is 9.53. The number of benzene rings is 1. The van der Waals surface area contributed by atoms with Gasteiger partial charge in [0.15, 0.2) is 0 Å². The molecule has 0 aliphatic heterocycles. The van der Waals surface area contributed by atoms with Gasteiger partial charge >= 0.3 is 0 Å². The van der Waals surface area contributed by atoms with Crippen LogP contribution in [0.3, 0.4) is 0 Å². The van der Waals surface area contributed by atoms with Crippen molar-refractivity contribution in [3.63, 3.8) is 0 Å². The topological polar surface area (TPSA) is 69.3 Å². The number of pyridine rings is 1. The van der Waals surface area contributed by atoms with Crippen LogP contribution >= 0.6 is 0 Å². The minimum absolute atomic E-state index is 0.0556. The molecule has 1 aliphatic rings. The third kappa shape index (κ3) is 4.59. The highest BCUT2D eigenvalue weighted by Crippen LogP contribution is 2.34. The van der Waals surface area contributed by atoms with Crippen molar-refractivity contribution in [2.24, 2.45) is 7.05 Å². The summed E-state index contributed by atoms with van der Waals surface area (Å²) in [5.74, 6) is 0.830. The van der Waals surface area contributed by atoms with E-state index in [1.807, 2.05) is 44.3 Å². The summed E-state index contributed by atoms with van der Waals surface area (Å²) < 4.78 is 7.85. The number of ether oxygens (including phenoxy) is 1. The molecule has 26 heavy (non-hydrogen) atoms. The minimum atomic E-state index is -0.0556.